The molecule has 0 fully saturated rings. The molecule has 3 rings (SSSR count). The molecule has 0 aliphatic heterocycles. The van der Waals surface area contributed by atoms with Crippen LogP contribution in [0.25, 0.3) is 0 Å². The van der Waals surface area contributed by atoms with Gasteiger partial charge in [-0.05, 0) is 28.8 Å². The third kappa shape index (κ3) is 3.44. The number of nitrogens with one attached hydrogen (secondary N) is 2. The van der Waals surface area contributed by atoms with Gasteiger partial charge in [-0.15, -0.1) is 0 Å². The lowest BCUT2D eigenvalue weighted by Crippen LogP contribution is -2.43. The number of aliphatic hydroxyl groups excluding tert-OH is 1. The number of fused-ring (bicyclic) bond motifs is 1. The molecular weight excluding hydrogens is 311 g/mol. The molecule has 0 spiro atoms. The van der Waals surface area contributed by atoms with Crippen molar-refractivity contribution in [3.8, 4) is 0 Å². The molecule has 2 aromatic carbocycles. The van der Waals surface area contributed by atoms with Crippen LogP contribution in [0.1, 0.15) is 22.7 Å². The molecule has 24 heavy (non-hydrogen) atoms. The second kappa shape index (κ2) is 6.80. The average molecular weight is 328 g/mol. The number of rotatable bonds is 3. The maximum Gasteiger partial charge on any atom is 0.309 e. The topological polar surface area (TPSA) is 78.4 Å². The fraction of sp³-hybridized carbons (Fsp3) is 0.222. The summed E-state index contributed by atoms with van der Waals surface area (Å²) in [6, 6.07) is 12.4. The first-order chi connectivity index (χ1) is 11.5. The van der Waals surface area contributed by atoms with Crippen LogP contribution in [-0.4, -0.2) is 23.0 Å². The van der Waals surface area contributed by atoms with Gasteiger partial charge in [0.05, 0.1) is 12.1 Å². The summed E-state index contributed by atoms with van der Waals surface area (Å²) in [6.07, 6.45) is -0.311. The van der Waals surface area contributed by atoms with E-state index >= 15 is 0 Å². The van der Waals surface area contributed by atoms with E-state index in [-0.39, 0.29) is 12.4 Å². The molecule has 0 aromatic heterocycles. The van der Waals surface area contributed by atoms with E-state index in [0.29, 0.717) is 12.0 Å². The van der Waals surface area contributed by atoms with Crippen molar-refractivity contribution in [2.75, 3.05) is 0 Å². The van der Waals surface area contributed by atoms with E-state index in [2.05, 4.69) is 10.6 Å². The van der Waals surface area contributed by atoms with Crippen LogP contribution in [0, 0.1) is 5.82 Å². The third-order valence-corrected chi connectivity index (χ3v) is 4.06. The van der Waals surface area contributed by atoms with Gasteiger partial charge in [-0.2, -0.15) is 0 Å². The number of carbonyl (C=O) groups excluding carboxylic acids is 2. The van der Waals surface area contributed by atoms with Gasteiger partial charge in [-0.1, -0.05) is 36.4 Å². The third-order valence-electron chi connectivity index (χ3n) is 4.06. The summed E-state index contributed by atoms with van der Waals surface area (Å²) in [4.78, 5) is 23.9. The molecular formula is C18H17FN2O3. The van der Waals surface area contributed by atoms with Crippen molar-refractivity contribution >= 4 is 11.8 Å². The molecule has 2 amide bonds. The first-order valence-electron chi connectivity index (χ1n) is 7.63. The molecule has 0 saturated carbocycles. The SMILES string of the molecule is O=C(NCc1ccc(F)cc1)C(=O)N[C@@H]1c2ccccc2C[C@@H]1O. The summed E-state index contributed by atoms with van der Waals surface area (Å²) in [5.41, 5.74) is 2.47. The minimum absolute atomic E-state index is 0.121. The number of benzene rings is 2. The Bertz CT molecular complexity index is 761. The van der Waals surface area contributed by atoms with Gasteiger partial charge in [0.25, 0.3) is 0 Å². The van der Waals surface area contributed by atoms with E-state index in [4.69, 9.17) is 0 Å². The van der Waals surface area contributed by atoms with Crippen molar-refractivity contribution in [3.05, 3.63) is 71.0 Å². The van der Waals surface area contributed by atoms with Crippen LogP contribution in [0.15, 0.2) is 48.5 Å². The van der Waals surface area contributed by atoms with Crippen molar-refractivity contribution in [1.82, 2.24) is 10.6 Å². The Kier molecular flexibility index (Phi) is 4.57. The van der Waals surface area contributed by atoms with E-state index in [0.717, 1.165) is 11.1 Å². The summed E-state index contributed by atoms with van der Waals surface area (Å²) < 4.78 is 12.8. The highest BCUT2D eigenvalue weighted by Crippen LogP contribution is 2.31. The van der Waals surface area contributed by atoms with Crippen LogP contribution in [0.2, 0.25) is 0 Å². The number of hydrogen-bond acceptors (Lipinski definition) is 3. The van der Waals surface area contributed by atoms with Gasteiger partial charge in [0.2, 0.25) is 0 Å². The summed E-state index contributed by atoms with van der Waals surface area (Å²) in [5.74, 6) is -1.97. The minimum atomic E-state index is -0.808. The largest absolute Gasteiger partial charge is 0.390 e. The second-order valence-corrected chi connectivity index (χ2v) is 5.73. The lowest BCUT2D eigenvalue weighted by Gasteiger charge is -2.17. The first-order valence-corrected chi connectivity index (χ1v) is 7.63. The fourth-order valence-corrected chi connectivity index (χ4v) is 2.82. The molecule has 0 radical (unpaired) electrons. The number of hydrogen-bond donors (Lipinski definition) is 3. The number of halogens is 1. The zero-order valence-electron chi connectivity index (χ0n) is 12.8. The highest BCUT2D eigenvalue weighted by atomic mass is 19.1. The molecule has 1 aliphatic carbocycles. The molecule has 2 aromatic rings. The zero-order valence-corrected chi connectivity index (χ0v) is 12.8. The monoisotopic (exact) mass is 328 g/mol. The standard InChI is InChI=1S/C18H17FN2O3/c19-13-7-5-11(6-8-13)10-20-17(23)18(24)21-16-14-4-2-1-3-12(14)9-15(16)22/h1-8,15-16,22H,9-10H2,(H,20,23)(H,21,24)/t15-,16+/m0/s1. The number of amides is 2. The molecule has 124 valence electrons. The van der Waals surface area contributed by atoms with E-state index < -0.39 is 24.0 Å². The van der Waals surface area contributed by atoms with Crippen molar-refractivity contribution in [3.63, 3.8) is 0 Å². The average Bonchev–Trinajstić information content (AvgIpc) is 2.90. The quantitative estimate of drug-likeness (QED) is 0.741. The predicted molar refractivity (Wildman–Crippen MR) is 85.3 cm³/mol. The Balaban J connectivity index is 1.58. The molecule has 0 saturated heterocycles. The van der Waals surface area contributed by atoms with E-state index in [1.807, 2.05) is 24.3 Å². The molecule has 5 nitrogen and oxygen atoms in total. The van der Waals surface area contributed by atoms with Crippen LogP contribution >= 0.6 is 0 Å². The lowest BCUT2D eigenvalue weighted by atomic mass is 10.1. The fourth-order valence-electron chi connectivity index (χ4n) is 2.82. The zero-order chi connectivity index (χ0) is 17.1. The van der Waals surface area contributed by atoms with Gasteiger partial charge < -0.3 is 15.7 Å². The van der Waals surface area contributed by atoms with Crippen molar-refractivity contribution in [2.24, 2.45) is 0 Å². The van der Waals surface area contributed by atoms with Gasteiger partial charge in [0, 0.05) is 13.0 Å². The highest BCUT2D eigenvalue weighted by Gasteiger charge is 2.33. The van der Waals surface area contributed by atoms with Gasteiger partial charge in [-0.3, -0.25) is 9.59 Å². The van der Waals surface area contributed by atoms with Crippen molar-refractivity contribution in [2.45, 2.75) is 25.1 Å². The van der Waals surface area contributed by atoms with E-state index in [1.54, 1.807) is 0 Å². The maximum atomic E-state index is 12.8. The van der Waals surface area contributed by atoms with Gasteiger partial charge in [-0.25, -0.2) is 4.39 Å². The number of aliphatic hydroxyl groups is 1. The van der Waals surface area contributed by atoms with Crippen molar-refractivity contribution < 1.29 is 19.1 Å². The molecule has 0 unspecified atom stereocenters. The molecule has 0 heterocycles. The Labute approximate surface area is 138 Å². The Morgan fingerprint density at radius 1 is 1.08 bits per heavy atom. The van der Waals surface area contributed by atoms with Gasteiger partial charge in [0.1, 0.15) is 5.82 Å². The Morgan fingerprint density at radius 2 is 1.79 bits per heavy atom. The van der Waals surface area contributed by atoms with Crippen LogP contribution < -0.4 is 10.6 Å². The maximum absolute atomic E-state index is 12.8. The Hall–Kier alpha value is -2.73. The van der Waals surface area contributed by atoms with Crippen LogP contribution in [0.3, 0.4) is 0 Å². The lowest BCUT2D eigenvalue weighted by molar-refractivity contribution is -0.140. The van der Waals surface area contributed by atoms with Gasteiger partial charge in [0.15, 0.2) is 0 Å². The molecule has 3 N–H and O–H groups in total. The highest BCUT2D eigenvalue weighted by molar-refractivity contribution is 6.35. The minimum Gasteiger partial charge on any atom is -0.390 e. The van der Waals surface area contributed by atoms with E-state index in [1.165, 1.54) is 24.3 Å². The van der Waals surface area contributed by atoms with Crippen LogP contribution in [0.5, 0.6) is 0 Å². The van der Waals surface area contributed by atoms with Gasteiger partial charge >= 0.3 is 11.8 Å². The Morgan fingerprint density at radius 3 is 2.54 bits per heavy atom. The second-order valence-electron chi connectivity index (χ2n) is 5.73. The van der Waals surface area contributed by atoms with E-state index in [9.17, 15) is 19.1 Å². The van der Waals surface area contributed by atoms with Crippen LogP contribution in [0.4, 0.5) is 4.39 Å². The molecule has 1 aliphatic rings. The smallest absolute Gasteiger partial charge is 0.309 e. The number of carbonyl (C=O) groups is 2. The molecule has 6 heteroatoms. The normalized spacial score (nSPS) is 18.8. The summed E-state index contributed by atoms with van der Waals surface area (Å²) in [6.45, 7) is 0.121. The summed E-state index contributed by atoms with van der Waals surface area (Å²) >= 11 is 0. The molecule has 0 bridgehead atoms. The first kappa shape index (κ1) is 16.1. The molecule has 2 atom stereocenters. The van der Waals surface area contributed by atoms with Crippen LogP contribution in [-0.2, 0) is 22.6 Å². The summed E-state index contributed by atoms with van der Waals surface area (Å²) in [5, 5.41) is 15.1. The summed E-state index contributed by atoms with van der Waals surface area (Å²) in [7, 11) is 0. The predicted octanol–water partition coefficient (Wildman–Crippen LogP) is 1.22. The van der Waals surface area contributed by atoms with Crippen molar-refractivity contribution in [1.29, 1.82) is 0 Å².